The lowest BCUT2D eigenvalue weighted by molar-refractivity contribution is -0.673. The van der Waals surface area contributed by atoms with Gasteiger partial charge in [0.1, 0.15) is 21.3 Å². The quantitative estimate of drug-likeness (QED) is 0.423. The third kappa shape index (κ3) is 4.08. The minimum atomic E-state index is 0.000202. The molecule has 4 nitrogen and oxygen atoms in total. The van der Waals surface area contributed by atoms with Gasteiger partial charge in [-0.1, -0.05) is 47.7 Å². The highest BCUT2D eigenvalue weighted by atomic mass is 32.2. The predicted octanol–water partition coefficient (Wildman–Crippen LogP) is 4.04. The van der Waals surface area contributed by atoms with Gasteiger partial charge in [0, 0.05) is 29.6 Å². The number of thioether (sulfide) groups is 1. The Hall–Kier alpha value is -3.35. The molecule has 1 aliphatic rings. The van der Waals surface area contributed by atoms with Crippen molar-refractivity contribution in [2.75, 3.05) is 4.90 Å². The van der Waals surface area contributed by atoms with Gasteiger partial charge in [0.25, 0.3) is 5.56 Å². The molecule has 6 heteroatoms. The molecule has 0 aliphatic carbocycles. The van der Waals surface area contributed by atoms with Crippen LogP contribution >= 0.6 is 23.1 Å². The first-order chi connectivity index (χ1) is 16.0. The highest BCUT2D eigenvalue weighted by molar-refractivity contribution is 8.11. The zero-order valence-electron chi connectivity index (χ0n) is 18.7. The summed E-state index contributed by atoms with van der Waals surface area (Å²) in [7, 11) is 2.01. The number of hydrogen-bond donors (Lipinski definition) is 0. The number of anilines is 1. The Balaban J connectivity index is 1.81. The smallest absolute Gasteiger partial charge is 0.276 e. The van der Waals surface area contributed by atoms with Crippen LogP contribution in [0.15, 0.2) is 94.9 Å². The Morgan fingerprint density at radius 3 is 2.33 bits per heavy atom. The molecule has 0 unspecified atom stereocenters. The van der Waals surface area contributed by atoms with Crippen molar-refractivity contribution in [3.05, 3.63) is 121 Å². The third-order valence-corrected chi connectivity index (χ3v) is 7.87. The summed E-state index contributed by atoms with van der Waals surface area (Å²) in [6.07, 6.45) is 4.10. The summed E-state index contributed by atoms with van der Waals surface area (Å²) in [6, 6.07) is 24.4. The Morgan fingerprint density at radius 1 is 0.879 bits per heavy atom. The largest absolute Gasteiger partial charge is 0.307 e. The normalized spacial score (nSPS) is 15.8. The summed E-state index contributed by atoms with van der Waals surface area (Å²) in [5.41, 5.74) is 5.23. The number of aryl methyl sites for hydroxylation is 2. The number of benzene rings is 2. The molecule has 4 aromatic rings. The highest BCUT2D eigenvalue weighted by Crippen LogP contribution is 2.38. The summed E-state index contributed by atoms with van der Waals surface area (Å²) < 4.78 is 5.52. The van der Waals surface area contributed by atoms with E-state index >= 15 is 0 Å². The molecule has 33 heavy (non-hydrogen) atoms. The van der Waals surface area contributed by atoms with Gasteiger partial charge < -0.3 is 4.90 Å². The van der Waals surface area contributed by atoms with Gasteiger partial charge in [-0.2, -0.15) is 0 Å². The second-order valence-corrected chi connectivity index (χ2v) is 9.87. The van der Waals surface area contributed by atoms with Crippen LogP contribution in [-0.2, 0) is 7.05 Å². The van der Waals surface area contributed by atoms with E-state index in [0.29, 0.717) is 0 Å². The number of nitrogens with zero attached hydrogens (tertiary/aromatic N) is 3. The van der Waals surface area contributed by atoms with Crippen molar-refractivity contribution in [1.82, 2.24) is 4.57 Å². The fraction of sp³-hybridized carbons (Fsp3) is 0.111. The average Bonchev–Trinajstić information content (AvgIpc) is 3.36. The molecule has 0 bridgehead atoms. The molecule has 164 valence electrons. The van der Waals surface area contributed by atoms with Crippen molar-refractivity contribution < 1.29 is 4.57 Å². The first-order valence-corrected chi connectivity index (χ1v) is 12.4. The Labute approximate surface area is 201 Å². The van der Waals surface area contributed by atoms with Crippen LogP contribution in [0.4, 0.5) is 5.69 Å². The molecule has 1 aliphatic heterocycles. The van der Waals surface area contributed by atoms with Gasteiger partial charge >= 0.3 is 0 Å². The van der Waals surface area contributed by atoms with Crippen molar-refractivity contribution in [1.29, 1.82) is 0 Å². The van der Waals surface area contributed by atoms with E-state index in [1.165, 1.54) is 11.3 Å². The summed E-state index contributed by atoms with van der Waals surface area (Å²) in [4.78, 5) is 16.1. The molecule has 5 rings (SSSR count). The van der Waals surface area contributed by atoms with Crippen molar-refractivity contribution in [3.63, 3.8) is 0 Å². The molecule has 0 fully saturated rings. The van der Waals surface area contributed by atoms with E-state index < -0.39 is 0 Å². The number of para-hydroxylation sites is 1. The molecule has 0 spiro atoms. The lowest BCUT2D eigenvalue weighted by atomic mass is 10.2. The highest BCUT2D eigenvalue weighted by Gasteiger charge is 2.23. The standard InChI is InChI=1S/C27H24N3OS2/c1-19-12-14-22(15-13-19)30-24(17-23-11-7-8-16-28(23)3)33-25(26(30)31)27-29(20(2)18-32-27)21-9-5-4-6-10-21/h4-18H,1-3H3/q+1/b27-25+. The molecule has 0 saturated carbocycles. The molecular weight excluding hydrogens is 446 g/mol. The Bertz CT molecular complexity index is 1530. The summed E-state index contributed by atoms with van der Waals surface area (Å²) in [5.74, 6) is 0. The minimum Gasteiger partial charge on any atom is -0.307 e. The molecule has 0 N–H and O–H groups in total. The van der Waals surface area contributed by atoms with E-state index in [-0.39, 0.29) is 5.56 Å². The summed E-state index contributed by atoms with van der Waals surface area (Å²) >= 11 is 3.14. The zero-order chi connectivity index (χ0) is 22.9. The van der Waals surface area contributed by atoms with Crippen LogP contribution in [0.5, 0.6) is 0 Å². The van der Waals surface area contributed by atoms with Crippen molar-refractivity contribution in [3.8, 4) is 5.69 Å². The molecular formula is C27H24N3OS2+. The van der Waals surface area contributed by atoms with Crippen LogP contribution in [0.3, 0.4) is 0 Å². The maximum absolute atomic E-state index is 13.9. The minimum absolute atomic E-state index is 0.000202. The van der Waals surface area contributed by atoms with Crippen molar-refractivity contribution in [2.24, 2.45) is 7.05 Å². The number of aromatic nitrogens is 2. The van der Waals surface area contributed by atoms with Gasteiger partial charge in [0.2, 0.25) is 5.69 Å². The number of pyridine rings is 1. The fourth-order valence-electron chi connectivity index (χ4n) is 3.84. The van der Waals surface area contributed by atoms with Gasteiger partial charge in [-0.05, 0) is 49.6 Å². The molecule has 3 heterocycles. The van der Waals surface area contributed by atoms with Gasteiger partial charge in [-0.25, -0.2) is 4.57 Å². The molecule has 2 aromatic heterocycles. The number of allylic oxidation sites excluding steroid dienone is 1. The van der Waals surface area contributed by atoms with Crippen LogP contribution in [0.1, 0.15) is 18.2 Å². The van der Waals surface area contributed by atoms with E-state index in [1.807, 2.05) is 72.4 Å². The van der Waals surface area contributed by atoms with Gasteiger partial charge in [-0.3, -0.25) is 9.36 Å². The summed E-state index contributed by atoms with van der Waals surface area (Å²) in [6.45, 7) is 4.13. The van der Waals surface area contributed by atoms with Gasteiger partial charge in [0.05, 0.1) is 5.69 Å². The van der Waals surface area contributed by atoms with Crippen molar-refractivity contribution >= 4 is 39.9 Å². The van der Waals surface area contributed by atoms with E-state index in [1.54, 1.807) is 11.8 Å². The van der Waals surface area contributed by atoms with Gasteiger partial charge in [0.15, 0.2) is 6.20 Å². The number of hydrogen-bond acceptors (Lipinski definition) is 4. The third-order valence-electron chi connectivity index (χ3n) is 5.59. The van der Waals surface area contributed by atoms with E-state index in [2.05, 4.69) is 53.0 Å². The maximum Gasteiger partial charge on any atom is 0.276 e. The first kappa shape index (κ1) is 21.5. The lowest BCUT2D eigenvalue weighted by Gasteiger charge is -2.20. The predicted molar refractivity (Wildman–Crippen MR) is 139 cm³/mol. The molecule has 0 saturated heterocycles. The Morgan fingerprint density at radius 2 is 1.61 bits per heavy atom. The van der Waals surface area contributed by atoms with Gasteiger partial charge in [-0.15, -0.1) is 11.3 Å². The SMILES string of the molecule is CC1=CS/C(=c2/s/c(=C\c3cccc[n+]3C)n(-c3ccc(C)cc3)c2=O)N1c1ccccc1. The van der Waals surface area contributed by atoms with Crippen LogP contribution in [-0.4, -0.2) is 4.57 Å². The summed E-state index contributed by atoms with van der Waals surface area (Å²) in [5, 5.41) is 3.06. The van der Waals surface area contributed by atoms with E-state index in [0.717, 1.165) is 42.6 Å². The topological polar surface area (TPSA) is 29.1 Å². The van der Waals surface area contributed by atoms with Crippen LogP contribution in [0.25, 0.3) is 16.8 Å². The molecule has 0 atom stereocenters. The number of rotatable bonds is 3. The molecule has 0 radical (unpaired) electrons. The van der Waals surface area contributed by atoms with Crippen LogP contribution < -0.4 is 24.2 Å². The second-order valence-electron chi connectivity index (χ2n) is 7.98. The fourth-order valence-corrected chi connectivity index (χ4v) is 6.07. The number of thiazole rings is 1. The first-order valence-electron chi connectivity index (χ1n) is 10.7. The second kappa shape index (κ2) is 8.89. The van der Waals surface area contributed by atoms with E-state index in [9.17, 15) is 4.79 Å². The lowest BCUT2D eigenvalue weighted by Crippen LogP contribution is -2.34. The van der Waals surface area contributed by atoms with E-state index in [4.69, 9.17) is 0 Å². The monoisotopic (exact) mass is 470 g/mol. The van der Waals surface area contributed by atoms with Crippen LogP contribution in [0.2, 0.25) is 0 Å². The molecule has 2 aromatic carbocycles. The van der Waals surface area contributed by atoms with Crippen LogP contribution in [0, 0.1) is 6.92 Å². The van der Waals surface area contributed by atoms with Crippen molar-refractivity contribution in [2.45, 2.75) is 13.8 Å². The maximum atomic E-state index is 13.9. The zero-order valence-corrected chi connectivity index (χ0v) is 20.4. The Kier molecular flexibility index (Phi) is 5.79. The average molecular weight is 471 g/mol. The molecule has 0 amide bonds.